The second kappa shape index (κ2) is 12.3. The van der Waals surface area contributed by atoms with Crippen LogP contribution in [0.3, 0.4) is 0 Å². The molecule has 0 saturated heterocycles. The number of benzene rings is 2. The van der Waals surface area contributed by atoms with Gasteiger partial charge in [-0.3, -0.25) is 9.59 Å². The summed E-state index contributed by atoms with van der Waals surface area (Å²) >= 11 is 17.3. The van der Waals surface area contributed by atoms with Crippen LogP contribution in [0.2, 0.25) is 15.1 Å². The molecular weight excluding hydrogens is 614 g/mol. The minimum Gasteiger partial charge on any atom is -0.343 e. The van der Waals surface area contributed by atoms with Crippen LogP contribution in [0.15, 0.2) is 36.4 Å². The SMILES string of the molecule is CC(NC(=O)CNC(=O)c1ccc(C=CC(c2cc(Cl)c(Cl)c(Cl)c2)C(F)(F)F)cc1C(F)(F)F)C(F)(F)F. The first-order chi connectivity index (χ1) is 17.7. The van der Waals surface area contributed by atoms with Gasteiger partial charge >= 0.3 is 18.5 Å². The monoisotopic (exact) mass is 628 g/mol. The lowest BCUT2D eigenvalue weighted by Gasteiger charge is -2.19. The van der Waals surface area contributed by atoms with E-state index >= 15 is 0 Å². The van der Waals surface area contributed by atoms with Crippen molar-refractivity contribution in [3.05, 3.63) is 73.7 Å². The summed E-state index contributed by atoms with van der Waals surface area (Å²) in [6, 6.07) is 1.47. The van der Waals surface area contributed by atoms with Crippen molar-refractivity contribution in [3.63, 3.8) is 0 Å². The standard InChI is InChI=1S/C23H16Cl3F9N2O2/c1-10(21(27,28)29)37-18(38)9-36-20(39)13-4-2-11(6-15(13)23(33,34)35)3-5-14(22(30,31)32)12-7-16(24)19(26)17(25)8-12/h2-8,10,14H,9H2,1H3,(H,36,39)(H,37,38). The molecule has 0 spiro atoms. The predicted molar refractivity (Wildman–Crippen MR) is 127 cm³/mol. The molecule has 2 amide bonds. The summed E-state index contributed by atoms with van der Waals surface area (Å²) in [4.78, 5) is 23.9. The fourth-order valence-corrected chi connectivity index (χ4v) is 3.71. The van der Waals surface area contributed by atoms with Crippen LogP contribution in [0.4, 0.5) is 39.5 Å². The molecule has 2 aromatic rings. The molecule has 0 bridgehead atoms. The molecule has 0 aliphatic rings. The van der Waals surface area contributed by atoms with E-state index in [1.54, 1.807) is 5.32 Å². The van der Waals surface area contributed by atoms with Crippen LogP contribution in [0.1, 0.15) is 39.9 Å². The van der Waals surface area contributed by atoms with E-state index in [1.807, 2.05) is 0 Å². The predicted octanol–water partition coefficient (Wildman–Crippen LogP) is 7.82. The second-order valence-corrected chi connectivity index (χ2v) is 9.19. The van der Waals surface area contributed by atoms with Gasteiger partial charge in [-0.15, -0.1) is 0 Å². The molecule has 16 heteroatoms. The van der Waals surface area contributed by atoms with Gasteiger partial charge in [-0.2, -0.15) is 39.5 Å². The lowest BCUT2D eigenvalue weighted by molar-refractivity contribution is -0.157. The van der Waals surface area contributed by atoms with E-state index in [1.165, 1.54) is 5.32 Å². The smallest absolute Gasteiger partial charge is 0.343 e. The number of nitrogens with one attached hydrogen (secondary N) is 2. The van der Waals surface area contributed by atoms with E-state index in [-0.39, 0.29) is 20.6 Å². The lowest BCUT2D eigenvalue weighted by Crippen LogP contribution is -2.47. The van der Waals surface area contributed by atoms with Crippen LogP contribution in [0.25, 0.3) is 6.08 Å². The third-order valence-electron chi connectivity index (χ3n) is 5.07. The zero-order valence-electron chi connectivity index (χ0n) is 19.3. The van der Waals surface area contributed by atoms with Gasteiger partial charge in [-0.05, 0) is 42.3 Å². The Hall–Kier alpha value is -2.64. The van der Waals surface area contributed by atoms with Crippen molar-refractivity contribution >= 4 is 52.7 Å². The molecule has 4 nitrogen and oxygen atoms in total. The van der Waals surface area contributed by atoms with Crippen LogP contribution >= 0.6 is 34.8 Å². The van der Waals surface area contributed by atoms with Crippen molar-refractivity contribution in [3.8, 4) is 0 Å². The Morgan fingerprint density at radius 1 is 0.897 bits per heavy atom. The number of carbonyl (C=O) groups excluding carboxylic acids is 2. The van der Waals surface area contributed by atoms with Gasteiger partial charge in [0.15, 0.2) is 0 Å². The molecule has 0 radical (unpaired) electrons. The summed E-state index contributed by atoms with van der Waals surface area (Å²) in [5.74, 6) is -5.12. The van der Waals surface area contributed by atoms with Gasteiger partial charge in [-0.25, -0.2) is 0 Å². The van der Waals surface area contributed by atoms with Crippen LogP contribution < -0.4 is 10.6 Å². The maximum absolute atomic E-state index is 13.7. The number of carbonyl (C=O) groups is 2. The molecule has 0 fully saturated rings. The minimum absolute atomic E-state index is 0.192. The number of amides is 2. The minimum atomic E-state index is -5.16. The van der Waals surface area contributed by atoms with Crippen molar-refractivity contribution in [2.45, 2.75) is 37.4 Å². The third-order valence-corrected chi connectivity index (χ3v) is 6.27. The van der Waals surface area contributed by atoms with Crippen LogP contribution in [-0.4, -0.2) is 36.8 Å². The molecule has 0 aliphatic carbocycles. The number of allylic oxidation sites excluding steroid dienone is 1. The lowest BCUT2D eigenvalue weighted by atomic mass is 9.96. The van der Waals surface area contributed by atoms with Crippen molar-refractivity contribution in [2.24, 2.45) is 0 Å². The summed E-state index contributed by atoms with van der Waals surface area (Å²) in [7, 11) is 0. The highest BCUT2D eigenvalue weighted by molar-refractivity contribution is 6.48. The van der Waals surface area contributed by atoms with Crippen molar-refractivity contribution < 1.29 is 49.1 Å². The van der Waals surface area contributed by atoms with Gasteiger partial charge in [0.1, 0.15) is 6.04 Å². The first-order valence-electron chi connectivity index (χ1n) is 10.5. The van der Waals surface area contributed by atoms with E-state index in [2.05, 4.69) is 0 Å². The normalized spacial score (nSPS) is 14.3. The van der Waals surface area contributed by atoms with Crippen LogP contribution in [0, 0.1) is 0 Å². The summed E-state index contributed by atoms with van der Waals surface area (Å²) in [6.45, 7) is -0.454. The Morgan fingerprint density at radius 2 is 1.46 bits per heavy atom. The van der Waals surface area contributed by atoms with E-state index in [4.69, 9.17) is 34.8 Å². The third kappa shape index (κ3) is 8.94. The Bertz CT molecular complexity index is 1240. The summed E-state index contributed by atoms with van der Waals surface area (Å²) in [6.07, 6.45) is -13.6. The Balaban J connectivity index is 2.33. The van der Waals surface area contributed by atoms with Gasteiger partial charge in [-0.1, -0.05) is 53.0 Å². The quantitative estimate of drug-likeness (QED) is 0.242. The number of hydrogen-bond acceptors (Lipinski definition) is 2. The number of rotatable bonds is 7. The van der Waals surface area contributed by atoms with Gasteiger partial charge in [0.05, 0.1) is 38.7 Å². The molecule has 2 N–H and O–H groups in total. The highest BCUT2D eigenvalue weighted by Gasteiger charge is 2.40. The molecular formula is C23H16Cl3F9N2O2. The first-order valence-corrected chi connectivity index (χ1v) is 11.6. The molecule has 0 aliphatic heterocycles. The molecule has 2 aromatic carbocycles. The maximum atomic E-state index is 13.7. The Morgan fingerprint density at radius 3 is 1.95 bits per heavy atom. The van der Waals surface area contributed by atoms with E-state index in [9.17, 15) is 49.1 Å². The van der Waals surface area contributed by atoms with Crippen LogP contribution in [0.5, 0.6) is 0 Å². The number of alkyl halides is 9. The molecule has 2 rings (SSSR count). The van der Waals surface area contributed by atoms with Gasteiger partial charge < -0.3 is 10.6 Å². The second-order valence-electron chi connectivity index (χ2n) is 7.99. The molecule has 0 aromatic heterocycles. The first kappa shape index (κ1) is 32.6. The number of halogens is 12. The molecule has 2 unspecified atom stereocenters. The number of hydrogen-bond donors (Lipinski definition) is 2. The Labute approximate surface area is 230 Å². The maximum Gasteiger partial charge on any atom is 0.417 e. The van der Waals surface area contributed by atoms with Crippen molar-refractivity contribution in [2.75, 3.05) is 6.54 Å². The topological polar surface area (TPSA) is 58.2 Å². The molecule has 214 valence electrons. The van der Waals surface area contributed by atoms with Gasteiger partial charge in [0.25, 0.3) is 5.91 Å². The van der Waals surface area contributed by atoms with Crippen molar-refractivity contribution in [1.29, 1.82) is 0 Å². The van der Waals surface area contributed by atoms with Gasteiger partial charge in [0, 0.05) is 0 Å². The summed E-state index contributed by atoms with van der Waals surface area (Å²) < 4.78 is 120. The van der Waals surface area contributed by atoms with Crippen molar-refractivity contribution in [1.82, 2.24) is 10.6 Å². The Kier molecular flexibility index (Phi) is 10.2. The fraction of sp³-hybridized carbons (Fsp3) is 0.304. The van der Waals surface area contributed by atoms with E-state index < -0.39 is 65.5 Å². The largest absolute Gasteiger partial charge is 0.417 e. The fourth-order valence-electron chi connectivity index (χ4n) is 3.10. The molecule has 0 heterocycles. The summed E-state index contributed by atoms with van der Waals surface area (Å²) in [5.41, 5.74) is -3.40. The molecule has 2 atom stereocenters. The highest BCUT2D eigenvalue weighted by Crippen LogP contribution is 2.41. The molecule has 0 saturated carbocycles. The summed E-state index contributed by atoms with van der Waals surface area (Å²) in [5, 5.41) is 2.54. The van der Waals surface area contributed by atoms with E-state index in [0.717, 1.165) is 24.3 Å². The van der Waals surface area contributed by atoms with Crippen LogP contribution in [-0.2, 0) is 11.0 Å². The average molecular weight is 630 g/mol. The highest BCUT2D eigenvalue weighted by atomic mass is 35.5. The molecule has 39 heavy (non-hydrogen) atoms. The zero-order chi connectivity index (χ0) is 29.9. The van der Waals surface area contributed by atoms with Gasteiger partial charge in [0.2, 0.25) is 5.91 Å². The zero-order valence-corrected chi connectivity index (χ0v) is 21.5. The van der Waals surface area contributed by atoms with E-state index in [0.29, 0.717) is 25.1 Å². The average Bonchev–Trinajstić information content (AvgIpc) is 2.78.